The van der Waals surface area contributed by atoms with Gasteiger partial charge in [-0.3, -0.25) is 14.3 Å². The van der Waals surface area contributed by atoms with Gasteiger partial charge in [0.05, 0.1) is 16.9 Å². The summed E-state index contributed by atoms with van der Waals surface area (Å²) in [5, 5.41) is 2.80. The van der Waals surface area contributed by atoms with Crippen molar-refractivity contribution < 1.29 is 9.18 Å². The third-order valence-electron chi connectivity index (χ3n) is 5.55. The van der Waals surface area contributed by atoms with E-state index in [9.17, 15) is 14.0 Å². The summed E-state index contributed by atoms with van der Waals surface area (Å²) >= 11 is 0. The molecule has 0 aliphatic heterocycles. The van der Waals surface area contributed by atoms with Crippen molar-refractivity contribution in [2.45, 2.75) is 20.8 Å². The van der Waals surface area contributed by atoms with Gasteiger partial charge in [-0.05, 0) is 63.2 Å². The minimum Gasteiger partial charge on any atom is -0.318 e. The van der Waals surface area contributed by atoms with Gasteiger partial charge in [0.25, 0.3) is 11.5 Å². The number of para-hydroxylation sites is 1. The Hall–Kier alpha value is -3.87. The molecule has 4 rings (SSSR count). The number of nitrogens with zero attached hydrogens (tertiary/aromatic N) is 3. The van der Waals surface area contributed by atoms with Gasteiger partial charge >= 0.3 is 0 Å². The molecular weight excluding hydrogens is 395 g/mol. The summed E-state index contributed by atoms with van der Waals surface area (Å²) in [6, 6.07) is 17.1. The monoisotopic (exact) mass is 418 g/mol. The Morgan fingerprint density at radius 2 is 1.55 bits per heavy atom. The van der Waals surface area contributed by atoms with Crippen LogP contribution in [0.2, 0.25) is 0 Å². The molecule has 1 N–H and O–H groups in total. The Kier molecular flexibility index (Phi) is 5.10. The van der Waals surface area contributed by atoms with Gasteiger partial charge in [0.2, 0.25) is 0 Å². The fraction of sp³-hybridized carbons (Fsp3) is 0.167. The number of aromatic nitrogens is 3. The van der Waals surface area contributed by atoms with E-state index in [-0.39, 0.29) is 23.0 Å². The first-order valence-corrected chi connectivity index (χ1v) is 9.90. The molecular formula is C24H23FN4O2. The summed E-state index contributed by atoms with van der Waals surface area (Å²) in [4.78, 5) is 26.2. The van der Waals surface area contributed by atoms with Crippen LogP contribution in [0.3, 0.4) is 0 Å². The Labute approximate surface area is 179 Å². The van der Waals surface area contributed by atoms with E-state index in [1.807, 2.05) is 48.7 Å². The average Bonchev–Trinajstić information content (AvgIpc) is 3.17. The predicted molar refractivity (Wildman–Crippen MR) is 119 cm³/mol. The van der Waals surface area contributed by atoms with Crippen LogP contribution in [0, 0.1) is 26.6 Å². The highest BCUT2D eigenvalue weighted by Gasteiger charge is 2.22. The zero-order chi connectivity index (χ0) is 22.3. The normalized spacial score (nSPS) is 11.0. The molecule has 2 aromatic heterocycles. The fourth-order valence-corrected chi connectivity index (χ4v) is 3.87. The minimum atomic E-state index is -0.368. The van der Waals surface area contributed by atoms with Crippen LogP contribution in [0.25, 0.3) is 11.4 Å². The third kappa shape index (κ3) is 3.48. The molecule has 0 fully saturated rings. The van der Waals surface area contributed by atoms with Crippen LogP contribution in [0.1, 0.15) is 27.4 Å². The highest BCUT2D eigenvalue weighted by molar-refractivity contribution is 6.05. The summed E-state index contributed by atoms with van der Waals surface area (Å²) in [6.45, 7) is 5.49. The number of hydrogen-bond donors (Lipinski definition) is 1. The van der Waals surface area contributed by atoms with Gasteiger partial charge in [-0.2, -0.15) is 0 Å². The van der Waals surface area contributed by atoms with Crippen LogP contribution in [0.5, 0.6) is 0 Å². The molecule has 0 aliphatic carbocycles. The Morgan fingerprint density at radius 3 is 2.19 bits per heavy atom. The van der Waals surface area contributed by atoms with Crippen LogP contribution in [0.15, 0.2) is 65.5 Å². The molecule has 0 radical (unpaired) electrons. The lowest BCUT2D eigenvalue weighted by molar-refractivity contribution is 0.102. The standard InChI is InChI=1S/C24H23FN4O2/c1-15-14-21(16(2)28(15)19-12-10-18(25)11-13-19)23(30)26-22-17(3)27(4)29(24(22)31)20-8-6-5-7-9-20/h5-14H,1-4H3,(H,26,30). The van der Waals surface area contributed by atoms with Gasteiger partial charge in [0.1, 0.15) is 11.5 Å². The number of carbonyl (C=O) groups is 1. The molecule has 2 aromatic carbocycles. The Bertz CT molecular complexity index is 1330. The second-order valence-corrected chi connectivity index (χ2v) is 7.49. The van der Waals surface area contributed by atoms with E-state index >= 15 is 0 Å². The SMILES string of the molecule is Cc1cc(C(=O)Nc2c(C)n(C)n(-c3ccccc3)c2=O)c(C)n1-c1ccc(F)cc1. The van der Waals surface area contributed by atoms with Crippen molar-refractivity contribution in [2.75, 3.05) is 5.32 Å². The number of benzene rings is 2. The molecule has 31 heavy (non-hydrogen) atoms. The van der Waals surface area contributed by atoms with Crippen molar-refractivity contribution in [1.82, 2.24) is 13.9 Å². The van der Waals surface area contributed by atoms with E-state index in [1.165, 1.54) is 16.8 Å². The second-order valence-electron chi connectivity index (χ2n) is 7.49. The molecule has 7 heteroatoms. The van der Waals surface area contributed by atoms with Crippen molar-refractivity contribution >= 4 is 11.6 Å². The maximum atomic E-state index is 13.3. The van der Waals surface area contributed by atoms with Crippen molar-refractivity contribution in [3.05, 3.63) is 99.5 Å². The Balaban J connectivity index is 1.71. The summed E-state index contributed by atoms with van der Waals surface area (Å²) < 4.78 is 18.4. The third-order valence-corrected chi connectivity index (χ3v) is 5.55. The number of rotatable bonds is 4. The molecule has 0 saturated heterocycles. The zero-order valence-electron chi connectivity index (χ0n) is 17.8. The van der Waals surface area contributed by atoms with E-state index in [2.05, 4.69) is 5.32 Å². The van der Waals surface area contributed by atoms with Crippen LogP contribution in [-0.2, 0) is 7.05 Å². The maximum Gasteiger partial charge on any atom is 0.295 e. The highest BCUT2D eigenvalue weighted by Crippen LogP contribution is 2.23. The largest absolute Gasteiger partial charge is 0.318 e. The van der Waals surface area contributed by atoms with Crippen LogP contribution in [0.4, 0.5) is 10.1 Å². The molecule has 0 atom stereocenters. The molecule has 0 saturated carbocycles. The number of carbonyl (C=O) groups excluding carboxylic acids is 1. The van der Waals surface area contributed by atoms with Crippen LogP contribution in [-0.4, -0.2) is 19.8 Å². The molecule has 2 heterocycles. The van der Waals surface area contributed by atoms with Crippen molar-refractivity contribution in [3.63, 3.8) is 0 Å². The lowest BCUT2D eigenvalue weighted by Crippen LogP contribution is -2.23. The summed E-state index contributed by atoms with van der Waals surface area (Å²) in [7, 11) is 1.78. The first-order valence-electron chi connectivity index (χ1n) is 9.90. The van der Waals surface area contributed by atoms with Gasteiger partial charge in [-0.15, -0.1) is 0 Å². The molecule has 0 unspecified atom stereocenters. The summed E-state index contributed by atoms with van der Waals surface area (Å²) in [6.07, 6.45) is 0. The van der Waals surface area contributed by atoms with E-state index in [0.717, 1.165) is 11.4 Å². The number of anilines is 1. The highest BCUT2D eigenvalue weighted by atomic mass is 19.1. The van der Waals surface area contributed by atoms with Crippen LogP contribution >= 0.6 is 0 Å². The van der Waals surface area contributed by atoms with Gasteiger partial charge in [0.15, 0.2) is 0 Å². The fourth-order valence-electron chi connectivity index (χ4n) is 3.87. The van der Waals surface area contributed by atoms with Crippen molar-refractivity contribution in [1.29, 1.82) is 0 Å². The summed E-state index contributed by atoms with van der Waals surface area (Å²) in [5.41, 5.74) is 4.06. The zero-order valence-corrected chi connectivity index (χ0v) is 17.8. The molecule has 6 nitrogen and oxygen atoms in total. The molecule has 0 spiro atoms. The van der Waals surface area contributed by atoms with Gasteiger partial charge in [0, 0.05) is 24.1 Å². The van der Waals surface area contributed by atoms with Gasteiger partial charge < -0.3 is 9.88 Å². The molecule has 158 valence electrons. The molecule has 4 aromatic rings. The van der Waals surface area contributed by atoms with Gasteiger partial charge in [-0.1, -0.05) is 18.2 Å². The smallest absolute Gasteiger partial charge is 0.295 e. The van der Waals surface area contributed by atoms with E-state index in [4.69, 9.17) is 0 Å². The molecule has 0 aliphatic rings. The van der Waals surface area contributed by atoms with E-state index in [1.54, 1.807) is 36.9 Å². The lowest BCUT2D eigenvalue weighted by atomic mass is 10.2. The minimum absolute atomic E-state index is 0.239. The first kappa shape index (κ1) is 20.4. The first-order chi connectivity index (χ1) is 14.8. The number of halogens is 1. The van der Waals surface area contributed by atoms with Crippen molar-refractivity contribution in [3.8, 4) is 11.4 Å². The second kappa shape index (κ2) is 7.75. The predicted octanol–water partition coefficient (Wildman–Crippen LogP) is 4.28. The van der Waals surface area contributed by atoms with E-state index in [0.29, 0.717) is 22.6 Å². The molecule has 1 amide bonds. The average molecular weight is 418 g/mol. The lowest BCUT2D eigenvalue weighted by Gasteiger charge is -2.10. The van der Waals surface area contributed by atoms with Gasteiger partial charge in [-0.25, -0.2) is 9.07 Å². The van der Waals surface area contributed by atoms with Crippen molar-refractivity contribution in [2.24, 2.45) is 7.05 Å². The topological polar surface area (TPSA) is 61.0 Å². The molecule has 0 bridgehead atoms. The quantitative estimate of drug-likeness (QED) is 0.538. The maximum absolute atomic E-state index is 13.3. The number of aryl methyl sites for hydroxylation is 1. The number of amides is 1. The summed E-state index contributed by atoms with van der Waals surface area (Å²) in [5.74, 6) is -0.689. The Morgan fingerprint density at radius 1 is 0.903 bits per heavy atom. The number of nitrogens with one attached hydrogen (secondary N) is 1. The van der Waals surface area contributed by atoms with Crippen LogP contribution < -0.4 is 10.9 Å². The van der Waals surface area contributed by atoms with E-state index < -0.39 is 0 Å². The number of hydrogen-bond acceptors (Lipinski definition) is 2.